The van der Waals surface area contributed by atoms with Gasteiger partial charge in [-0.3, -0.25) is 0 Å². The molecule has 1 fully saturated rings. The predicted molar refractivity (Wildman–Crippen MR) is 51.6 cm³/mol. The van der Waals surface area contributed by atoms with Crippen molar-refractivity contribution in [1.29, 1.82) is 0 Å². The Morgan fingerprint density at radius 3 is 2.71 bits per heavy atom. The van der Waals surface area contributed by atoms with Gasteiger partial charge < -0.3 is 15.0 Å². The summed E-state index contributed by atoms with van der Waals surface area (Å²) in [6, 6.07) is 0.446. The Labute approximate surface area is 83.2 Å². The normalized spacial score (nSPS) is 26.2. The standard InChI is InChI=1S/C9H16N4O/c1-6-11-12-9(13(6)2)5-10-7-3-8(14)4-7/h7-8,10,14H,3-5H2,1-2H3. The summed E-state index contributed by atoms with van der Waals surface area (Å²) in [5, 5.41) is 20.5. The van der Waals surface area contributed by atoms with Crippen molar-refractivity contribution < 1.29 is 5.11 Å². The Hall–Kier alpha value is -0.940. The van der Waals surface area contributed by atoms with Crippen molar-refractivity contribution >= 4 is 0 Å². The molecule has 1 aromatic rings. The number of nitrogens with zero attached hydrogens (tertiary/aromatic N) is 3. The van der Waals surface area contributed by atoms with Crippen LogP contribution in [0.4, 0.5) is 0 Å². The average molecular weight is 196 g/mol. The topological polar surface area (TPSA) is 63.0 Å². The molecule has 1 aliphatic carbocycles. The Morgan fingerprint density at radius 1 is 1.50 bits per heavy atom. The molecule has 0 aliphatic heterocycles. The van der Waals surface area contributed by atoms with Gasteiger partial charge in [0.2, 0.25) is 0 Å². The van der Waals surface area contributed by atoms with Crippen molar-refractivity contribution in [2.45, 2.75) is 38.5 Å². The molecule has 0 saturated heterocycles. The van der Waals surface area contributed by atoms with Crippen molar-refractivity contribution in [1.82, 2.24) is 20.1 Å². The Balaban J connectivity index is 1.83. The van der Waals surface area contributed by atoms with Crippen LogP contribution < -0.4 is 5.32 Å². The van der Waals surface area contributed by atoms with Crippen molar-refractivity contribution in [3.8, 4) is 0 Å². The molecular formula is C9H16N4O. The van der Waals surface area contributed by atoms with Crippen LogP contribution >= 0.6 is 0 Å². The molecule has 2 rings (SSSR count). The zero-order valence-electron chi connectivity index (χ0n) is 8.56. The van der Waals surface area contributed by atoms with Crippen LogP contribution in [-0.4, -0.2) is 32.0 Å². The highest BCUT2D eigenvalue weighted by atomic mass is 16.3. The molecule has 1 heterocycles. The van der Waals surface area contributed by atoms with Gasteiger partial charge in [0.25, 0.3) is 0 Å². The summed E-state index contributed by atoms with van der Waals surface area (Å²) in [7, 11) is 1.96. The van der Waals surface area contributed by atoms with Crippen LogP contribution in [0.3, 0.4) is 0 Å². The van der Waals surface area contributed by atoms with E-state index in [1.165, 1.54) is 0 Å². The minimum absolute atomic E-state index is 0.103. The summed E-state index contributed by atoms with van der Waals surface area (Å²) in [4.78, 5) is 0. The van der Waals surface area contributed by atoms with Crippen LogP contribution in [0.5, 0.6) is 0 Å². The molecular weight excluding hydrogens is 180 g/mol. The van der Waals surface area contributed by atoms with Crippen molar-refractivity contribution in [3.63, 3.8) is 0 Å². The van der Waals surface area contributed by atoms with Crippen LogP contribution in [0.1, 0.15) is 24.5 Å². The first-order valence-electron chi connectivity index (χ1n) is 4.93. The molecule has 0 unspecified atom stereocenters. The van der Waals surface area contributed by atoms with Gasteiger partial charge >= 0.3 is 0 Å². The van der Waals surface area contributed by atoms with E-state index in [2.05, 4.69) is 15.5 Å². The number of aliphatic hydroxyl groups excluding tert-OH is 1. The third kappa shape index (κ3) is 1.78. The molecule has 0 aromatic carbocycles. The first-order chi connectivity index (χ1) is 6.66. The van der Waals surface area contributed by atoms with Crippen molar-refractivity contribution in [3.05, 3.63) is 11.6 Å². The summed E-state index contributed by atoms with van der Waals surface area (Å²) in [6.45, 7) is 2.67. The Bertz CT molecular complexity index is 317. The average Bonchev–Trinajstić information content (AvgIpc) is 2.41. The molecule has 78 valence electrons. The largest absolute Gasteiger partial charge is 0.393 e. The smallest absolute Gasteiger partial charge is 0.146 e. The zero-order chi connectivity index (χ0) is 10.1. The molecule has 0 bridgehead atoms. The van der Waals surface area contributed by atoms with E-state index in [4.69, 9.17) is 5.11 Å². The number of nitrogens with one attached hydrogen (secondary N) is 1. The maximum Gasteiger partial charge on any atom is 0.146 e. The molecule has 0 radical (unpaired) electrons. The van der Waals surface area contributed by atoms with E-state index in [9.17, 15) is 0 Å². The number of aromatic nitrogens is 3. The van der Waals surface area contributed by atoms with E-state index in [1.54, 1.807) is 0 Å². The van der Waals surface area contributed by atoms with Gasteiger partial charge in [0, 0.05) is 13.1 Å². The molecule has 1 aromatic heterocycles. The summed E-state index contributed by atoms with van der Waals surface area (Å²) in [5.41, 5.74) is 0. The summed E-state index contributed by atoms with van der Waals surface area (Å²) >= 11 is 0. The predicted octanol–water partition coefficient (Wildman–Crippen LogP) is -0.264. The van der Waals surface area contributed by atoms with E-state index in [1.807, 2.05) is 18.5 Å². The molecule has 14 heavy (non-hydrogen) atoms. The molecule has 5 heteroatoms. The van der Waals surface area contributed by atoms with Crippen LogP contribution in [0.25, 0.3) is 0 Å². The third-order valence-corrected chi connectivity index (χ3v) is 2.84. The monoisotopic (exact) mass is 196 g/mol. The lowest BCUT2D eigenvalue weighted by Gasteiger charge is -2.31. The van der Waals surface area contributed by atoms with Gasteiger partial charge in [-0.05, 0) is 19.8 Å². The fraction of sp³-hybridized carbons (Fsp3) is 0.778. The van der Waals surface area contributed by atoms with Gasteiger partial charge in [0.15, 0.2) is 0 Å². The highest BCUT2D eigenvalue weighted by molar-refractivity contribution is 4.94. The summed E-state index contributed by atoms with van der Waals surface area (Å²) < 4.78 is 1.97. The number of aliphatic hydroxyl groups is 1. The highest BCUT2D eigenvalue weighted by Gasteiger charge is 2.26. The zero-order valence-corrected chi connectivity index (χ0v) is 8.56. The van der Waals surface area contributed by atoms with Gasteiger partial charge in [-0.25, -0.2) is 0 Å². The van der Waals surface area contributed by atoms with Crippen LogP contribution in [0, 0.1) is 6.92 Å². The molecule has 1 aliphatic rings. The number of hydrogen-bond donors (Lipinski definition) is 2. The van der Waals surface area contributed by atoms with Gasteiger partial charge in [-0.1, -0.05) is 0 Å². The lowest BCUT2D eigenvalue weighted by Crippen LogP contribution is -2.44. The molecule has 5 nitrogen and oxygen atoms in total. The minimum Gasteiger partial charge on any atom is -0.393 e. The van der Waals surface area contributed by atoms with Crippen molar-refractivity contribution in [2.75, 3.05) is 0 Å². The minimum atomic E-state index is -0.103. The quantitative estimate of drug-likeness (QED) is 0.699. The fourth-order valence-corrected chi connectivity index (χ4v) is 1.60. The number of hydrogen-bond acceptors (Lipinski definition) is 4. The van der Waals surface area contributed by atoms with Gasteiger partial charge in [-0.15, -0.1) is 10.2 Å². The van der Waals surface area contributed by atoms with Crippen LogP contribution in [0.15, 0.2) is 0 Å². The van der Waals surface area contributed by atoms with E-state index in [0.717, 1.165) is 31.0 Å². The summed E-state index contributed by atoms with van der Waals surface area (Å²) in [6.07, 6.45) is 1.61. The van der Waals surface area contributed by atoms with Crippen LogP contribution in [0.2, 0.25) is 0 Å². The molecule has 1 saturated carbocycles. The highest BCUT2D eigenvalue weighted by Crippen LogP contribution is 2.19. The molecule has 0 atom stereocenters. The summed E-state index contributed by atoms with van der Waals surface area (Å²) in [5.74, 6) is 1.87. The number of aryl methyl sites for hydroxylation is 1. The lowest BCUT2D eigenvalue weighted by atomic mass is 9.89. The van der Waals surface area contributed by atoms with Gasteiger partial charge in [0.1, 0.15) is 11.6 Å². The lowest BCUT2D eigenvalue weighted by molar-refractivity contribution is 0.0615. The second kappa shape index (κ2) is 3.67. The maximum atomic E-state index is 9.10. The van der Waals surface area contributed by atoms with Crippen molar-refractivity contribution in [2.24, 2.45) is 7.05 Å². The van der Waals surface area contributed by atoms with Crippen LogP contribution in [-0.2, 0) is 13.6 Å². The Morgan fingerprint density at radius 2 is 2.21 bits per heavy atom. The number of rotatable bonds is 3. The van der Waals surface area contributed by atoms with E-state index >= 15 is 0 Å². The Kier molecular flexibility index (Phi) is 2.52. The molecule has 0 amide bonds. The van der Waals surface area contributed by atoms with E-state index < -0.39 is 0 Å². The third-order valence-electron chi connectivity index (χ3n) is 2.84. The first kappa shape index (κ1) is 9.61. The second-order valence-corrected chi connectivity index (χ2v) is 3.93. The second-order valence-electron chi connectivity index (χ2n) is 3.93. The van der Waals surface area contributed by atoms with Gasteiger partial charge in [0.05, 0.1) is 12.6 Å². The molecule has 0 spiro atoms. The molecule has 2 N–H and O–H groups in total. The fourth-order valence-electron chi connectivity index (χ4n) is 1.60. The van der Waals surface area contributed by atoms with E-state index in [-0.39, 0.29) is 6.10 Å². The maximum absolute atomic E-state index is 9.10. The van der Waals surface area contributed by atoms with Gasteiger partial charge in [-0.2, -0.15) is 0 Å². The first-order valence-corrected chi connectivity index (χ1v) is 4.93. The SMILES string of the molecule is Cc1nnc(CNC2CC(O)C2)n1C. The van der Waals surface area contributed by atoms with E-state index in [0.29, 0.717) is 6.04 Å².